The van der Waals surface area contributed by atoms with Gasteiger partial charge in [-0.25, -0.2) is 18.7 Å². The van der Waals surface area contributed by atoms with Gasteiger partial charge in [-0.3, -0.25) is 9.59 Å². The molecule has 2 amide bonds. The fourth-order valence-corrected chi connectivity index (χ4v) is 4.55. The van der Waals surface area contributed by atoms with Gasteiger partial charge in [0.05, 0.1) is 23.4 Å². The standard InChI is InChI=1S/C26H25ClF2N4O3/c1-15-24(26(35)32-36-19-6-3-5-18(27)13-19)25(31-16(2)30-15)17-9-11-33(12-10-17)23(34)14-20-21(28)7-4-8-22(20)29/h3-8,13,17H,9-12,14H2,1-2H3,(H,32,35). The first kappa shape index (κ1) is 25.5. The summed E-state index contributed by atoms with van der Waals surface area (Å²) in [6.07, 6.45) is 0.733. The molecule has 188 valence electrons. The van der Waals surface area contributed by atoms with E-state index in [1.165, 1.54) is 6.07 Å². The summed E-state index contributed by atoms with van der Waals surface area (Å²) < 4.78 is 27.9. The van der Waals surface area contributed by atoms with Crippen LogP contribution < -0.4 is 10.3 Å². The Labute approximate surface area is 212 Å². The van der Waals surface area contributed by atoms with E-state index in [1.807, 2.05) is 0 Å². The molecule has 4 rings (SSSR count). The van der Waals surface area contributed by atoms with Crippen LogP contribution >= 0.6 is 11.6 Å². The summed E-state index contributed by atoms with van der Waals surface area (Å²) in [5, 5.41) is 0.469. The first-order valence-corrected chi connectivity index (χ1v) is 11.9. The number of carbonyl (C=O) groups is 2. The summed E-state index contributed by atoms with van der Waals surface area (Å²) >= 11 is 5.96. The molecule has 1 N–H and O–H groups in total. The highest BCUT2D eigenvalue weighted by Crippen LogP contribution is 2.31. The van der Waals surface area contributed by atoms with E-state index in [2.05, 4.69) is 15.4 Å². The minimum absolute atomic E-state index is 0.105. The number of nitrogens with zero attached hydrogens (tertiary/aromatic N) is 3. The minimum Gasteiger partial charge on any atom is -0.379 e. The van der Waals surface area contributed by atoms with Crippen molar-refractivity contribution in [1.29, 1.82) is 0 Å². The number of piperidine rings is 1. The first-order valence-electron chi connectivity index (χ1n) is 11.5. The summed E-state index contributed by atoms with van der Waals surface area (Å²) in [5.74, 6) is -1.51. The Bertz CT molecular complexity index is 1280. The van der Waals surface area contributed by atoms with Gasteiger partial charge in [0.25, 0.3) is 5.91 Å². The Morgan fingerprint density at radius 2 is 1.75 bits per heavy atom. The molecular weight excluding hydrogens is 490 g/mol. The van der Waals surface area contributed by atoms with Gasteiger partial charge in [-0.05, 0) is 51.0 Å². The molecule has 2 heterocycles. The fourth-order valence-electron chi connectivity index (χ4n) is 4.37. The topological polar surface area (TPSA) is 84.4 Å². The van der Waals surface area contributed by atoms with E-state index in [9.17, 15) is 18.4 Å². The maximum Gasteiger partial charge on any atom is 0.287 e. The van der Waals surface area contributed by atoms with Gasteiger partial charge < -0.3 is 9.74 Å². The molecule has 2 aromatic carbocycles. The van der Waals surface area contributed by atoms with Crippen LogP contribution in [0.4, 0.5) is 8.78 Å². The lowest BCUT2D eigenvalue weighted by atomic mass is 9.89. The predicted molar refractivity (Wildman–Crippen MR) is 130 cm³/mol. The normalized spacial score (nSPS) is 14.0. The number of hydrogen-bond acceptors (Lipinski definition) is 5. The monoisotopic (exact) mass is 514 g/mol. The van der Waals surface area contributed by atoms with E-state index in [0.717, 1.165) is 12.1 Å². The highest BCUT2D eigenvalue weighted by atomic mass is 35.5. The Morgan fingerprint density at radius 3 is 2.42 bits per heavy atom. The van der Waals surface area contributed by atoms with Crippen LogP contribution in [0.15, 0.2) is 42.5 Å². The van der Waals surface area contributed by atoms with Crippen molar-refractivity contribution in [1.82, 2.24) is 20.3 Å². The molecule has 1 aliphatic heterocycles. The highest BCUT2D eigenvalue weighted by Gasteiger charge is 2.30. The third kappa shape index (κ3) is 5.79. The molecule has 0 spiro atoms. The van der Waals surface area contributed by atoms with E-state index in [1.54, 1.807) is 43.0 Å². The molecule has 0 atom stereocenters. The zero-order valence-electron chi connectivity index (χ0n) is 19.9. The van der Waals surface area contributed by atoms with Crippen LogP contribution in [0.25, 0.3) is 0 Å². The Hall–Kier alpha value is -3.59. The number of hydroxylamine groups is 1. The molecule has 1 aliphatic rings. The molecule has 36 heavy (non-hydrogen) atoms. The number of aromatic nitrogens is 2. The van der Waals surface area contributed by atoms with Gasteiger partial charge in [-0.15, -0.1) is 0 Å². The Kier molecular flexibility index (Phi) is 7.79. The molecular formula is C26H25ClF2N4O3. The second kappa shape index (κ2) is 11.0. The number of benzene rings is 2. The molecule has 7 nitrogen and oxygen atoms in total. The SMILES string of the molecule is Cc1nc(C)c(C(=O)NOc2cccc(Cl)c2)c(C2CCN(C(=O)Cc3c(F)cccc3F)CC2)n1. The summed E-state index contributed by atoms with van der Waals surface area (Å²) in [7, 11) is 0. The quantitative estimate of drug-likeness (QED) is 0.482. The van der Waals surface area contributed by atoms with E-state index < -0.39 is 17.5 Å². The minimum atomic E-state index is -0.735. The lowest BCUT2D eigenvalue weighted by molar-refractivity contribution is -0.131. The van der Waals surface area contributed by atoms with Crippen molar-refractivity contribution in [2.75, 3.05) is 13.1 Å². The van der Waals surface area contributed by atoms with Crippen molar-refractivity contribution in [3.05, 3.63) is 87.5 Å². The lowest BCUT2D eigenvalue weighted by Crippen LogP contribution is -2.40. The van der Waals surface area contributed by atoms with Crippen molar-refractivity contribution < 1.29 is 23.2 Å². The highest BCUT2D eigenvalue weighted by molar-refractivity contribution is 6.30. The maximum atomic E-state index is 14.0. The number of amides is 2. The number of aryl methyl sites for hydroxylation is 2. The molecule has 0 bridgehead atoms. The van der Waals surface area contributed by atoms with Gasteiger partial charge in [-0.2, -0.15) is 5.48 Å². The number of nitrogens with one attached hydrogen (secondary N) is 1. The van der Waals surface area contributed by atoms with Crippen molar-refractivity contribution >= 4 is 23.4 Å². The van der Waals surface area contributed by atoms with Gasteiger partial charge in [0.15, 0.2) is 5.75 Å². The lowest BCUT2D eigenvalue weighted by Gasteiger charge is -2.32. The molecule has 0 aliphatic carbocycles. The summed E-state index contributed by atoms with van der Waals surface area (Å²) in [5.41, 5.74) is 3.62. The van der Waals surface area contributed by atoms with Crippen LogP contribution in [0, 0.1) is 25.5 Å². The van der Waals surface area contributed by atoms with Crippen LogP contribution in [0.3, 0.4) is 0 Å². The van der Waals surface area contributed by atoms with Gasteiger partial charge in [0.1, 0.15) is 17.5 Å². The second-order valence-electron chi connectivity index (χ2n) is 8.64. The molecule has 0 radical (unpaired) electrons. The summed E-state index contributed by atoms with van der Waals surface area (Å²) in [6, 6.07) is 10.2. The maximum absolute atomic E-state index is 14.0. The second-order valence-corrected chi connectivity index (χ2v) is 9.08. The van der Waals surface area contributed by atoms with Crippen molar-refractivity contribution in [3.8, 4) is 5.75 Å². The average Bonchev–Trinajstić information content (AvgIpc) is 2.84. The zero-order chi connectivity index (χ0) is 25.8. The van der Waals surface area contributed by atoms with Crippen LogP contribution in [-0.4, -0.2) is 39.8 Å². The molecule has 0 saturated carbocycles. The molecule has 1 fully saturated rings. The van der Waals surface area contributed by atoms with Gasteiger partial charge in [0, 0.05) is 35.7 Å². The van der Waals surface area contributed by atoms with Gasteiger partial charge >= 0.3 is 0 Å². The van der Waals surface area contributed by atoms with E-state index in [4.69, 9.17) is 16.4 Å². The average molecular weight is 515 g/mol. The molecule has 1 aromatic heterocycles. The molecule has 3 aromatic rings. The number of likely N-dealkylation sites (tertiary alicyclic amines) is 1. The summed E-state index contributed by atoms with van der Waals surface area (Å²) in [6.45, 7) is 4.24. The first-order chi connectivity index (χ1) is 17.2. The number of halogens is 3. The van der Waals surface area contributed by atoms with E-state index >= 15 is 0 Å². The molecule has 1 saturated heterocycles. The van der Waals surface area contributed by atoms with Crippen molar-refractivity contribution in [3.63, 3.8) is 0 Å². The van der Waals surface area contributed by atoms with Crippen LogP contribution in [0.5, 0.6) is 5.75 Å². The van der Waals surface area contributed by atoms with E-state index in [0.29, 0.717) is 59.5 Å². The summed E-state index contributed by atoms with van der Waals surface area (Å²) in [4.78, 5) is 41.7. The van der Waals surface area contributed by atoms with Crippen molar-refractivity contribution in [2.45, 2.75) is 39.0 Å². The number of rotatable bonds is 6. The Morgan fingerprint density at radius 1 is 1.08 bits per heavy atom. The fraction of sp³-hybridized carbons (Fsp3) is 0.308. The third-order valence-electron chi connectivity index (χ3n) is 6.14. The molecule has 10 heteroatoms. The van der Waals surface area contributed by atoms with Crippen LogP contribution in [-0.2, 0) is 11.2 Å². The molecule has 0 unspecified atom stereocenters. The number of carbonyl (C=O) groups excluding carboxylic acids is 2. The largest absolute Gasteiger partial charge is 0.379 e. The number of hydrogen-bond donors (Lipinski definition) is 1. The smallest absolute Gasteiger partial charge is 0.287 e. The predicted octanol–water partition coefficient (Wildman–Crippen LogP) is 4.70. The van der Waals surface area contributed by atoms with Gasteiger partial charge in [-0.1, -0.05) is 23.7 Å². The van der Waals surface area contributed by atoms with Crippen LogP contribution in [0.2, 0.25) is 5.02 Å². The third-order valence-corrected chi connectivity index (χ3v) is 6.37. The zero-order valence-corrected chi connectivity index (χ0v) is 20.6. The van der Waals surface area contributed by atoms with Crippen molar-refractivity contribution in [2.24, 2.45) is 0 Å². The van der Waals surface area contributed by atoms with E-state index in [-0.39, 0.29) is 23.8 Å². The van der Waals surface area contributed by atoms with Gasteiger partial charge in [0.2, 0.25) is 5.91 Å². The van der Waals surface area contributed by atoms with Crippen LogP contribution in [0.1, 0.15) is 51.9 Å². The Balaban J connectivity index is 1.45.